The highest BCUT2D eigenvalue weighted by Crippen LogP contribution is 2.56. The third kappa shape index (κ3) is 2.15. The number of hydrogen-bond donors (Lipinski definition) is 2. The molecular weight excluding hydrogens is 319 g/mol. The second kappa shape index (κ2) is 5.15. The van der Waals surface area contributed by atoms with Gasteiger partial charge >= 0.3 is 0 Å². The molecule has 2 heterocycles. The van der Waals surface area contributed by atoms with Gasteiger partial charge < -0.3 is 14.8 Å². The van der Waals surface area contributed by atoms with Crippen LogP contribution in [-0.4, -0.2) is 31.5 Å². The third-order valence-corrected chi connectivity index (χ3v) is 7.08. The number of hydrogen-bond acceptors (Lipinski definition) is 3. The predicted molar refractivity (Wildman–Crippen MR) is 91.5 cm³/mol. The Balaban J connectivity index is 1.47. The molecule has 4 aliphatic rings. The SMILES string of the molecule is O[C@@H](C[C@H]1c2c(F)cccc2-c2cncn21)C12CCC(O)(CC1)CC2. The molecule has 1 aliphatic heterocycles. The second-order valence-electron chi connectivity index (χ2n) is 8.24. The zero-order chi connectivity index (χ0) is 17.2. The summed E-state index contributed by atoms with van der Waals surface area (Å²) in [5, 5.41) is 21.6. The molecule has 132 valence electrons. The lowest BCUT2D eigenvalue weighted by atomic mass is 9.56. The quantitative estimate of drug-likeness (QED) is 0.898. The van der Waals surface area contributed by atoms with E-state index < -0.39 is 11.7 Å². The van der Waals surface area contributed by atoms with Gasteiger partial charge in [0.1, 0.15) is 5.82 Å². The Morgan fingerprint density at radius 1 is 1.20 bits per heavy atom. The van der Waals surface area contributed by atoms with Crippen molar-refractivity contribution in [3.8, 4) is 11.3 Å². The molecule has 6 rings (SSSR count). The fourth-order valence-corrected chi connectivity index (χ4v) is 5.39. The van der Waals surface area contributed by atoms with Gasteiger partial charge in [-0.15, -0.1) is 0 Å². The maximum absolute atomic E-state index is 14.6. The molecule has 0 spiro atoms. The molecule has 3 saturated carbocycles. The number of nitrogens with zero attached hydrogens (tertiary/aromatic N) is 2. The molecule has 0 unspecified atom stereocenters. The largest absolute Gasteiger partial charge is 0.392 e. The molecule has 25 heavy (non-hydrogen) atoms. The molecular formula is C20H23FN2O2. The van der Waals surface area contributed by atoms with Gasteiger partial charge in [0.25, 0.3) is 0 Å². The fourth-order valence-electron chi connectivity index (χ4n) is 5.39. The Hall–Kier alpha value is -1.72. The van der Waals surface area contributed by atoms with E-state index >= 15 is 0 Å². The van der Waals surface area contributed by atoms with Crippen molar-refractivity contribution in [2.24, 2.45) is 5.41 Å². The Morgan fingerprint density at radius 3 is 2.64 bits per heavy atom. The van der Waals surface area contributed by atoms with Gasteiger partial charge in [-0.2, -0.15) is 0 Å². The molecule has 1 aromatic carbocycles. The van der Waals surface area contributed by atoms with Crippen LogP contribution in [0.1, 0.15) is 56.6 Å². The Labute approximate surface area is 146 Å². The summed E-state index contributed by atoms with van der Waals surface area (Å²) in [5.41, 5.74) is 1.85. The smallest absolute Gasteiger partial charge is 0.129 e. The summed E-state index contributed by atoms with van der Waals surface area (Å²) >= 11 is 0. The molecule has 0 amide bonds. The van der Waals surface area contributed by atoms with E-state index in [0.29, 0.717) is 12.0 Å². The number of fused-ring (bicyclic) bond motifs is 6. The maximum Gasteiger partial charge on any atom is 0.129 e. The van der Waals surface area contributed by atoms with Crippen LogP contribution in [0.25, 0.3) is 11.3 Å². The Kier molecular flexibility index (Phi) is 3.20. The van der Waals surface area contributed by atoms with Gasteiger partial charge in [0.05, 0.1) is 36.0 Å². The number of imidazole rings is 1. The summed E-state index contributed by atoms with van der Waals surface area (Å²) in [6.45, 7) is 0. The van der Waals surface area contributed by atoms with E-state index in [1.807, 2.05) is 10.6 Å². The third-order valence-electron chi connectivity index (χ3n) is 7.08. The zero-order valence-electron chi connectivity index (χ0n) is 14.2. The van der Waals surface area contributed by atoms with Crippen molar-refractivity contribution < 1.29 is 14.6 Å². The summed E-state index contributed by atoms with van der Waals surface area (Å²) in [6, 6.07) is 4.95. The van der Waals surface area contributed by atoms with Crippen molar-refractivity contribution >= 4 is 0 Å². The van der Waals surface area contributed by atoms with E-state index in [4.69, 9.17) is 0 Å². The minimum atomic E-state index is -0.509. The number of halogens is 1. The van der Waals surface area contributed by atoms with E-state index in [9.17, 15) is 14.6 Å². The van der Waals surface area contributed by atoms with Crippen LogP contribution < -0.4 is 0 Å². The molecule has 2 bridgehead atoms. The van der Waals surface area contributed by atoms with Gasteiger partial charge in [-0.3, -0.25) is 0 Å². The van der Waals surface area contributed by atoms with Crippen LogP contribution in [0, 0.1) is 11.2 Å². The van der Waals surface area contributed by atoms with Crippen LogP contribution in [-0.2, 0) is 0 Å². The van der Waals surface area contributed by atoms with Crippen molar-refractivity contribution in [3.05, 3.63) is 42.1 Å². The summed E-state index contributed by atoms with van der Waals surface area (Å²) < 4.78 is 16.6. The predicted octanol–water partition coefficient (Wildman–Crippen LogP) is 3.43. The first-order valence-electron chi connectivity index (χ1n) is 9.23. The molecule has 2 atom stereocenters. The lowest BCUT2D eigenvalue weighted by Crippen LogP contribution is -2.51. The Bertz CT molecular complexity index is 806. The molecule has 3 aliphatic carbocycles. The molecule has 2 N–H and O–H groups in total. The highest BCUT2D eigenvalue weighted by molar-refractivity contribution is 5.69. The first-order valence-corrected chi connectivity index (χ1v) is 9.23. The lowest BCUT2D eigenvalue weighted by molar-refractivity contribution is -0.135. The van der Waals surface area contributed by atoms with Crippen LogP contribution >= 0.6 is 0 Å². The number of benzene rings is 1. The van der Waals surface area contributed by atoms with E-state index in [-0.39, 0.29) is 17.3 Å². The molecule has 5 heteroatoms. The minimum Gasteiger partial charge on any atom is -0.392 e. The summed E-state index contributed by atoms with van der Waals surface area (Å²) in [5.74, 6) is -0.211. The first kappa shape index (κ1) is 15.5. The van der Waals surface area contributed by atoms with Gasteiger partial charge in [-0.25, -0.2) is 9.37 Å². The fraction of sp³-hybridized carbons (Fsp3) is 0.550. The van der Waals surface area contributed by atoms with Crippen LogP contribution in [0.2, 0.25) is 0 Å². The maximum atomic E-state index is 14.6. The van der Waals surface area contributed by atoms with Gasteiger partial charge in [-0.1, -0.05) is 12.1 Å². The van der Waals surface area contributed by atoms with Crippen molar-refractivity contribution in [2.45, 2.75) is 62.7 Å². The molecule has 1 aromatic heterocycles. The average Bonchev–Trinajstić information content (AvgIpc) is 3.19. The van der Waals surface area contributed by atoms with Gasteiger partial charge in [0.2, 0.25) is 0 Å². The second-order valence-corrected chi connectivity index (χ2v) is 8.24. The number of aliphatic hydroxyl groups is 2. The van der Waals surface area contributed by atoms with Crippen LogP contribution in [0.3, 0.4) is 0 Å². The Morgan fingerprint density at radius 2 is 1.92 bits per heavy atom. The average molecular weight is 342 g/mol. The molecule has 3 fully saturated rings. The first-order chi connectivity index (χ1) is 12.0. The van der Waals surface area contributed by atoms with Gasteiger partial charge in [0.15, 0.2) is 0 Å². The minimum absolute atomic E-state index is 0.126. The topological polar surface area (TPSA) is 58.3 Å². The van der Waals surface area contributed by atoms with Crippen molar-refractivity contribution in [3.63, 3.8) is 0 Å². The standard InChI is InChI=1S/C20H23FN2O2/c21-14-3-1-2-13-16-11-22-12-23(16)15(18(13)14)10-17(24)19-4-7-20(25,8-5-19)9-6-19/h1-3,11-12,15,17,24-25H,4-10H2/t15-,17-,19?,20?/m0/s1. The van der Waals surface area contributed by atoms with E-state index in [2.05, 4.69) is 4.98 Å². The zero-order valence-corrected chi connectivity index (χ0v) is 14.2. The lowest BCUT2D eigenvalue weighted by Gasteiger charge is -2.53. The number of aliphatic hydroxyl groups excluding tert-OH is 1. The van der Waals surface area contributed by atoms with Crippen molar-refractivity contribution in [2.75, 3.05) is 0 Å². The van der Waals surface area contributed by atoms with E-state index in [1.54, 1.807) is 18.6 Å². The summed E-state index contributed by atoms with van der Waals surface area (Å²) in [7, 11) is 0. The van der Waals surface area contributed by atoms with Crippen molar-refractivity contribution in [1.82, 2.24) is 9.55 Å². The van der Waals surface area contributed by atoms with E-state index in [0.717, 1.165) is 49.8 Å². The van der Waals surface area contributed by atoms with E-state index in [1.165, 1.54) is 6.07 Å². The highest BCUT2D eigenvalue weighted by Gasteiger charge is 2.51. The van der Waals surface area contributed by atoms with Crippen LogP contribution in [0.4, 0.5) is 4.39 Å². The van der Waals surface area contributed by atoms with Gasteiger partial charge in [0, 0.05) is 11.1 Å². The van der Waals surface area contributed by atoms with Crippen LogP contribution in [0.5, 0.6) is 0 Å². The highest BCUT2D eigenvalue weighted by atomic mass is 19.1. The van der Waals surface area contributed by atoms with Crippen LogP contribution in [0.15, 0.2) is 30.7 Å². The van der Waals surface area contributed by atoms with Crippen molar-refractivity contribution in [1.29, 1.82) is 0 Å². The molecule has 0 radical (unpaired) electrons. The summed E-state index contributed by atoms with van der Waals surface area (Å²) in [6.07, 6.45) is 8.41. The molecule has 2 aromatic rings. The monoisotopic (exact) mass is 342 g/mol. The summed E-state index contributed by atoms with van der Waals surface area (Å²) in [4.78, 5) is 4.22. The number of aromatic nitrogens is 2. The number of rotatable bonds is 3. The normalized spacial score (nSPS) is 34.0. The van der Waals surface area contributed by atoms with Gasteiger partial charge in [-0.05, 0) is 56.4 Å². The molecule has 0 saturated heterocycles. The molecule has 4 nitrogen and oxygen atoms in total.